The van der Waals surface area contributed by atoms with Crippen LogP contribution >= 0.6 is 0 Å². The monoisotopic (exact) mass is 470 g/mol. The highest BCUT2D eigenvalue weighted by Gasteiger charge is 2.17. The van der Waals surface area contributed by atoms with Gasteiger partial charge in [-0.1, -0.05) is 106 Å². The molecule has 0 aliphatic rings. The van der Waals surface area contributed by atoms with Crippen LogP contribution in [0.4, 0.5) is 5.69 Å². The van der Waals surface area contributed by atoms with Gasteiger partial charge in [-0.25, -0.2) is 15.0 Å². The highest BCUT2D eigenvalue weighted by Crippen LogP contribution is 2.33. The molecule has 178 valence electrons. The summed E-state index contributed by atoms with van der Waals surface area (Å²) in [5.41, 5.74) is 7.59. The zero-order valence-corrected chi connectivity index (χ0v) is 21.2. The van der Waals surface area contributed by atoms with Crippen molar-refractivity contribution in [1.29, 1.82) is 0 Å². The molecule has 0 bridgehead atoms. The Balaban J connectivity index is 1.65. The smallest absolute Gasteiger partial charge is 0.164 e. The predicted octanol–water partition coefficient (Wildman–Crippen LogP) is 7.88. The number of anilines is 1. The minimum Gasteiger partial charge on any atom is -0.388 e. The van der Waals surface area contributed by atoms with E-state index in [4.69, 9.17) is 15.0 Å². The highest BCUT2D eigenvalue weighted by atomic mass is 15.0. The third-order valence-electron chi connectivity index (χ3n) is 6.24. The first-order valence-corrected chi connectivity index (χ1v) is 12.2. The molecule has 0 aliphatic heterocycles. The lowest BCUT2D eigenvalue weighted by Gasteiger charge is -2.21. The molecule has 36 heavy (non-hydrogen) atoms. The Morgan fingerprint density at radius 3 is 1.53 bits per heavy atom. The van der Waals surface area contributed by atoms with Crippen molar-refractivity contribution in [2.45, 2.75) is 26.2 Å². The highest BCUT2D eigenvalue weighted by molar-refractivity contribution is 5.75. The van der Waals surface area contributed by atoms with Crippen LogP contribution in [0.15, 0.2) is 103 Å². The van der Waals surface area contributed by atoms with Crippen LogP contribution in [0, 0.1) is 0 Å². The predicted molar refractivity (Wildman–Crippen MR) is 150 cm³/mol. The second kappa shape index (κ2) is 9.74. The van der Waals surface area contributed by atoms with Gasteiger partial charge in [-0.3, -0.25) is 0 Å². The van der Waals surface area contributed by atoms with E-state index in [0.717, 1.165) is 33.5 Å². The average molecular weight is 471 g/mol. The van der Waals surface area contributed by atoms with Crippen molar-refractivity contribution in [3.8, 4) is 45.3 Å². The quantitative estimate of drug-likeness (QED) is 0.284. The van der Waals surface area contributed by atoms with Crippen LogP contribution in [0.3, 0.4) is 0 Å². The summed E-state index contributed by atoms with van der Waals surface area (Å²) in [5, 5.41) is 3.31. The van der Waals surface area contributed by atoms with E-state index >= 15 is 0 Å². The first kappa shape index (κ1) is 23.4. The molecule has 0 aliphatic carbocycles. The number of nitrogens with one attached hydrogen (secondary N) is 1. The summed E-state index contributed by atoms with van der Waals surface area (Å²) >= 11 is 0. The van der Waals surface area contributed by atoms with E-state index in [1.807, 2.05) is 67.7 Å². The number of nitrogens with zero attached hydrogens (tertiary/aromatic N) is 3. The van der Waals surface area contributed by atoms with E-state index in [9.17, 15) is 0 Å². The molecule has 0 spiro atoms. The molecule has 0 saturated heterocycles. The van der Waals surface area contributed by atoms with Crippen LogP contribution in [0.1, 0.15) is 26.3 Å². The molecule has 1 aromatic heterocycles. The fourth-order valence-corrected chi connectivity index (χ4v) is 4.15. The van der Waals surface area contributed by atoms with Gasteiger partial charge >= 0.3 is 0 Å². The molecule has 0 radical (unpaired) electrons. The fourth-order valence-electron chi connectivity index (χ4n) is 4.15. The average Bonchev–Trinajstić information content (AvgIpc) is 2.93. The molecule has 0 atom stereocenters. The summed E-state index contributed by atoms with van der Waals surface area (Å²) in [6.45, 7) is 6.72. The lowest BCUT2D eigenvalue weighted by Crippen LogP contribution is -2.11. The number of benzene rings is 4. The van der Waals surface area contributed by atoms with Crippen LogP contribution < -0.4 is 5.32 Å². The van der Waals surface area contributed by atoms with Gasteiger partial charge in [-0.15, -0.1) is 0 Å². The Kier molecular flexibility index (Phi) is 6.34. The Morgan fingerprint density at radius 2 is 1.00 bits per heavy atom. The molecular weight excluding hydrogens is 440 g/mol. The van der Waals surface area contributed by atoms with Crippen LogP contribution in [-0.2, 0) is 5.41 Å². The van der Waals surface area contributed by atoms with E-state index in [2.05, 4.69) is 68.6 Å². The van der Waals surface area contributed by atoms with Gasteiger partial charge in [-0.05, 0) is 40.3 Å². The molecule has 0 amide bonds. The van der Waals surface area contributed by atoms with Gasteiger partial charge in [0.2, 0.25) is 0 Å². The minimum atomic E-state index is 0.0442. The van der Waals surface area contributed by atoms with E-state index in [0.29, 0.717) is 17.5 Å². The van der Waals surface area contributed by atoms with E-state index in [1.165, 1.54) is 5.56 Å². The molecule has 4 nitrogen and oxygen atoms in total. The van der Waals surface area contributed by atoms with Gasteiger partial charge in [0.15, 0.2) is 17.5 Å². The largest absolute Gasteiger partial charge is 0.388 e. The summed E-state index contributed by atoms with van der Waals surface area (Å²) in [5.74, 6) is 1.99. The van der Waals surface area contributed by atoms with Crippen LogP contribution in [0.5, 0.6) is 0 Å². The lowest BCUT2D eigenvalue weighted by molar-refractivity contribution is 0.591. The van der Waals surface area contributed by atoms with Gasteiger partial charge in [0, 0.05) is 29.4 Å². The van der Waals surface area contributed by atoms with Crippen molar-refractivity contribution in [3.05, 3.63) is 109 Å². The van der Waals surface area contributed by atoms with Gasteiger partial charge in [0.05, 0.1) is 0 Å². The van der Waals surface area contributed by atoms with Gasteiger partial charge in [0.1, 0.15) is 0 Å². The third-order valence-corrected chi connectivity index (χ3v) is 6.24. The first-order chi connectivity index (χ1) is 17.4. The maximum absolute atomic E-state index is 4.89. The Hall–Kier alpha value is -4.31. The van der Waals surface area contributed by atoms with Gasteiger partial charge in [0.25, 0.3) is 0 Å². The van der Waals surface area contributed by atoms with Crippen LogP contribution in [0.25, 0.3) is 45.3 Å². The third kappa shape index (κ3) is 5.03. The Bertz CT molecular complexity index is 1430. The van der Waals surface area contributed by atoms with Crippen molar-refractivity contribution in [2.24, 2.45) is 0 Å². The zero-order valence-electron chi connectivity index (χ0n) is 21.2. The summed E-state index contributed by atoms with van der Waals surface area (Å²) < 4.78 is 0. The topological polar surface area (TPSA) is 50.7 Å². The number of aromatic nitrogens is 3. The zero-order chi connectivity index (χ0) is 25.1. The molecule has 1 heterocycles. The van der Waals surface area contributed by atoms with E-state index in [1.54, 1.807) is 0 Å². The van der Waals surface area contributed by atoms with Crippen LogP contribution in [-0.4, -0.2) is 22.0 Å². The summed E-state index contributed by atoms with van der Waals surface area (Å²) in [6, 6.07) is 35.3. The second-order valence-corrected chi connectivity index (χ2v) is 9.92. The first-order valence-electron chi connectivity index (χ1n) is 12.2. The molecule has 5 aromatic rings. The summed E-state index contributed by atoms with van der Waals surface area (Å²) in [6.07, 6.45) is 0. The van der Waals surface area contributed by atoms with Crippen molar-refractivity contribution in [2.75, 3.05) is 12.4 Å². The Morgan fingerprint density at radius 1 is 0.500 bits per heavy atom. The fraction of sp³-hybridized carbons (Fsp3) is 0.156. The lowest BCUT2D eigenvalue weighted by atomic mass is 9.85. The molecule has 4 aromatic carbocycles. The maximum atomic E-state index is 4.89. The van der Waals surface area contributed by atoms with Crippen molar-refractivity contribution in [1.82, 2.24) is 15.0 Å². The van der Waals surface area contributed by atoms with Crippen molar-refractivity contribution < 1.29 is 0 Å². The summed E-state index contributed by atoms with van der Waals surface area (Å²) in [4.78, 5) is 14.6. The molecule has 4 heteroatoms. The minimum absolute atomic E-state index is 0.0442. The molecule has 0 unspecified atom stereocenters. The maximum Gasteiger partial charge on any atom is 0.164 e. The SMILES string of the molecule is CNc1cc(-c2cccc(-c3nc(-c4ccccc4)nc(-c4ccccc4)n3)c2)cc(C(C)(C)C)c1. The second-order valence-electron chi connectivity index (χ2n) is 9.92. The van der Waals surface area contributed by atoms with Gasteiger partial charge in [-0.2, -0.15) is 0 Å². The van der Waals surface area contributed by atoms with E-state index in [-0.39, 0.29) is 5.41 Å². The normalized spacial score (nSPS) is 11.3. The summed E-state index contributed by atoms with van der Waals surface area (Å²) in [7, 11) is 1.96. The van der Waals surface area contributed by atoms with Crippen molar-refractivity contribution >= 4 is 5.69 Å². The van der Waals surface area contributed by atoms with Crippen LogP contribution in [0.2, 0.25) is 0 Å². The Labute approximate surface area is 213 Å². The number of hydrogen-bond donors (Lipinski definition) is 1. The molecule has 5 rings (SSSR count). The molecule has 1 N–H and O–H groups in total. The molecular formula is C32H30N4. The van der Waals surface area contributed by atoms with Crippen molar-refractivity contribution in [3.63, 3.8) is 0 Å². The molecule has 0 fully saturated rings. The van der Waals surface area contributed by atoms with E-state index < -0.39 is 0 Å². The van der Waals surface area contributed by atoms with Gasteiger partial charge < -0.3 is 5.32 Å². The number of rotatable bonds is 5. The standard InChI is InChI=1S/C32H30N4/c1-32(2,3)27-19-26(20-28(21-27)33-4)24-16-11-17-25(18-24)31-35-29(22-12-7-5-8-13-22)34-30(36-31)23-14-9-6-10-15-23/h5-21,33H,1-4H3. The molecule has 0 saturated carbocycles. The number of hydrogen-bond acceptors (Lipinski definition) is 4.